The summed E-state index contributed by atoms with van der Waals surface area (Å²) in [6.45, 7) is 3.96. The van der Waals surface area contributed by atoms with E-state index in [9.17, 15) is 9.59 Å². The summed E-state index contributed by atoms with van der Waals surface area (Å²) in [4.78, 5) is 35.1. The minimum Gasteiger partial charge on any atom is -0.468 e. The topological polar surface area (TPSA) is 62.7 Å². The Balaban J connectivity index is 1.51. The molecule has 0 bridgehead atoms. The molecule has 1 saturated heterocycles. The van der Waals surface area contributed by atoms with Crippen molar-refractivity contribution in [3.63, 3.8) is 0 Å². The molecule has 0 unspecified atom stereocenters. The molecular formula is C25H27N3O3S. The van der Waals surface area contributed by atoms with Crippen molar-refractivity contribution in [2.24, 2.45) is 5.92 Å². The second-order valence-electron chi connectivity index (χ2n) is 7.75. The minimum atomic E-state index is -0.294. The van der Waals surface area contributed by atoms with E-state index in [1.165, 1.54) is 4.88 Å². The van der Waals surface area contributed by atoms with E-state index in [2.05, 4.69) is 28.6 Å². The monoisotopic (exact) mass is 449 g/mol. The van der Waals surface area contributed by atoms with Gasteiger partial charge in [-0.3, -0.25) is 9.59 Å². The molecule has 0 spiro atoms. The lowest BCUT2D eigenvalue weighted by molar-refractivity contribution is -0.135. The van der Waals surface area contributed by atoms with Gasteiger partial charge in [-0.2, -0.15) is 0 Å². The first-order valence-corrected chi connectivity index (χ1v) is 11.8. The number of carbonyl (C=O) groups is 2. The molecule has 6 nitrogen and oxygen atoms in total. The van der Waals surface area contributed by atoms with E-state index < -0.39 is 0 Å². The number of pyridine rings is 1. The highest BCUT2D eigenvalue weighted by Gasteiger charge is 2.32. The number of amides is 2. The molecule has 3 heterocycles. The van der Waals surface area contributed by atoms with Gasteiger partial charge in [-0.25, -0.2) is 4.98 Å². The number of hydrogen-bond donors (Lipinski definition) is 0. The van der Waals surface area contributed by atoms with Crippen molar-refractivity contribution < 1.29 is 14.3 Å². The largest absolute Gasteiger partial charge is 0.468 e. The maximum Gasteiger partial charge on any atom is 0.260 e. The summed E-state index contributed by atoms with van der Waals surface area (Å²) >= 11 is 1.69. The van der Waals surface area contributed by atoms with Gasteiger partial charge in [0, 0.05) is 43.3 Å². The normalized spacial score (nSPS) is 16.7. The lowest BCUT2D eigenvalue weighted by Crippen LogP contribution is -2.40. The Morgan fingerprint density at radius 1 is 1.12 bits per heavy atom. The van der Waals surface area contributed by atoms with Crippen molar-refractivity contribution in [3.05, 3.63) is 71.7 Å². The van der Waals surface area contributed by atoms with Crippen LogP contribution in [-0.2, 0) is 16.0 Å². The zero-order valence-corrected chi connectivity index (χ0v) is 19.0. The van der Waals surface area contributed by atoms with Crippen LogP contribution in [0.1, 0.15) is 12.5 Å². The molecule has 0 radical (unpaired) electrons. The van der Waals surface area contributed by atoms with Gasteiger partial charge in [0.1, 0.15) is 0 Å². The number of hydrogen-bond acceptors (Lipinski definition) is 5. The Morgan fingerprint density at radius 3 is 2.72 bits per heavy atom. The number of carbonyl (C=O) groups excluding carboxylic acids is 2. The van der Waals surface area contributed by atoms with Gasteiger partial charge in [0.05, 0.1) is 5.92 Å². The molecule has 2 aromatic heterocycles. The maximum atomic E-state index is 13.3. The van der Waals surface area contributed by atoms with Gasteiger partial charge < -0.3 is 14.5 Å². The van der Waals surface area contributed by atoms with Gasteiger partial charge in [-0.05, 0) is 42.0 Å². The fraction of sp³-hybridized carbons (Fsp3) is 0.320. The number of aromatic nitrogens is 1. The Hall–Kier alpha value is -3.19. The van der Waals surface area contributed by atoms with Crippen LogP contribution < -0.4 is 4.74 Å². The van der Waals surface area contributed by atoms with Crippen molar-refractivity contribution in [2.45, 2.75) is 13.3 Å². The van der Waals surface area contributed by atoms with E-state index in [-0.39, 0.29) is 24.3 Å². The van der Waals surface area contributed by atoms with Crippen molar-refractivity contribution in [2.75, 3.05) is 32.8 Å². The number of thiophene rings is 1. The molecule has 0 saturated carbocycles. The molecular weight excluding hydrogens is 422 g/mol. The van der Waals surface area contributed by atoms with E-state index in [0.29, 0.717) is 38.5 Å². The van der Waals surface area contributed by atoms with Crippen LogP contribution in [0, 0.1) is 5.92 Å². The minimum absolute atomic E-state index is 0.0875. The zero-order chi connectivity index (χ0) is 22.3. The Labute approximate surface area is 192 Å². The summed E-state index contributed by atoms with van der Waals surface area (Å²) in [5.41, 5.74) is 2.28. The highest BCUT2D eigenvalue weighted by molar-refractivity contribution is 7.13. The third-order valence-electron chi connectivity index (χ3n) is 5.73. The van der Waals surface area contributed by atoms with Crippen LogP contribution in [-0.4, -0.2) is 59.4 Å². The third kappa shape index (κ3) is 5.16. The van der Waals surface area contributed by atoms with Crippen molar-refractivity contribution in [3.8, 4) is 16.3 Å². The van der Waals surface area contributed by atoms with Crippen LogP contribution in [0.2, 0.25) is 0 Å². The van der Waals surface area contributed by atoms with Crippen LogP contribution in [0.3, 0.4) is 0 Å². The predicted octanol–water partition coefficient (Wildman–Crippen LogP) is 3.74. The summed E-state index contributed by atoms with van der Waals surface area (Å²) in [5.74, 6) is 0.105. The average molecular weight is 450 g/mol. The van der Waals surface area contributed by atoms with E-state index in [0.717, 1.165) is 11.1 Å². The highest BCUT2D eigenvalue weighted by Crippen LogP contribution is 2.30. The summed E-state index contributed by atoms with van der Waals surface area (Å²) in [7, 11) is 0. The molecule has 166 valence electrons. The van der Waals surface area contributed by atoms with Gasteiger partial charge in [0.25, 0.3) is 5.91 Å². The first-order valence-electron chi connectivity index (χ1n) is 10.9. The highest BCUT2D eigenvalue weighted by atomic mass is 32.1. The van der Waals surface area contributed by atoms with Crippen molar-refractivity contribution >= 4 is 23.2 Å². The quantitative estimate of drug-likeness (QED) is 0.551. The Kier molecular flexibility index (Phi) is 7.17. The maximum absolute atomic E-state index is 13.3. The molecule has 3 aromatic rings. The predicted molar refractivity (Wildman–Crippen MR) is 126 cm³/mol. The second-order valence-corrected chi connectivity index (χ2v) is 8.70. The fourth-order valence-electron chi connectivity index (χ4n) is 4.03. The molecule has 0 aliphatic carbocycles. The fourth-order valence-corrected chi connectivity index (χ4v) is 4.82. The molecule has 1 aromatic carbocycles. The van der Waals surface area contributed by atoms with Crippen LogP contribution >= 0.6 is 11.3 Å². The molecule has 4 rings (SSSR count). The average Bonchev–Trinajstić information content (AvgIpc) is 3.32. The second kappa shape index (κ2) is 10.4. The summed E-state index contributed by atoms with van der Waals surface area (Å²) in [6, 6.07) is 17.7. The lowest BCUT2D eigenvalue weighted by Gasteiger charge is -2.24. The van der Waals surface area contributed by atoms with Gasteiger partial charge in [0.2, 0.25) is 11.8 Å². The van der Waals surface area contributed by atoms with Crippen molar-refractivity contribution in [1.82, 2.24) is 14.8 Å². The van der Waals surface area contributed by atoms with Gasteiger partial charge in [0.15, 0.2) is 6.61 Å². The SMILES string of the molecule is CCN1CCN(C(=O)COc2ccccn2)C[C@@H](Cc2ccccc2-c2cccs2)C1=O. The molecule has 1 atom stereocenters. The van der Waals surface area contributed by atoms with E-state index >= 15 is 0 Å². The van der Waals surface area contributed by atoms with Crippen LogP contribution in [0.15, 0.2) is 66.2 Å². The Bertz CT molecular complexity index is 1040. The molecule has 0 N–H and O–H groups in total. The molecule has 32 heavy (non-hydrogen) atoms. The van der Waals surface area contributed by atoms with E-state index in [4.69, 9.17) is 4.74 Å². The molecule has 1 aliphatic rings. The summed E-state index contributed by atoms with van der Waals surface area (Å²) < 4.78 is 5.56. The van der Waals surface area contributed by atoms with E-state index in [1.54, 1.807) is 34.6 Å². The molecule has 7 heteroatoms. The first kappa shape index (κ1) is 22.0. The van der Waals surface area contributed by atoms with Crippen LogP contribution in [0.4, 0.5) is 0 Å². The lowest BCUT2D eigenvalue weighted by atomic mass is 9.93. The standard InChI is InChI=1S/C25H27N3O3S/c1-2-27-13-14-28(24(29)18-31-23-11-5-6-12-26-23)17-20(25(27)30)16-19-8-3-4-9-21(19)22-10-7-15-32-22/h3-12,15,20H,2,13-14,16-18H2,1H3/t20-/m1/s1. The Morgan fingerprint density at radius 2 is 1.97 bits per heavy atom. The zero-order valence-electron chi connectivity index (χ0n) is 18.1. The van der Waals surface area contributed by atoms with Crippen LogP contribution in [0.5, 0.6) is 5.88 Å². The third-order valence-corrected chi connectivity index (χ3v) is 6.63. The van der Waals surface area contributed by atoms with Gasteiger partial charge in [-0.1, -0.05) is 36.4 Å². The van der Waals surface area contributed by atoms with E-state index in [1.807, 2.05) is 36.1 Å². The van der Waals surface area contributed by atoms with Crippen molar-refractivity contribution in [1.29, 1.82) is 0 Å². The smallest absolute Gasteiger partial charge is 0.260 e. The molecule has 1 aliphatic heterocycles. The number of nitrogens with zero attached hydrogens (tertiary/aromatic N) is 3. The van der Waals surface area contributed by atoms with Gasteiger partial charge >= 0.3 is 0 Å². The van der Waals surface area contributed by atoms with Gasteiger partial charge in [-0.15, -0.1) is 11.3 Å². The molecule has 1 fully saturated rings. The molecule has 2 amide bonds. The van der Waals surface area contributed by atoms with Crippen LogP contribution in [0.25, 0.3) is 10.4 Å². The number of likely N-dealkylation sites (N-methyl/N-ethyl adjacent to an activating group) is 1. The summed E-state index contributed by atoms with van der Waals surface area (Å²) in [5, 5.41) is 2.06. The number of benzene rings is 1. The summed E-state index contributed by atoms with van der Waals surface area (Å²) in [6.07, 6.45) is 2.22. The number of rotatable bonds is 7. The first-order chi connectivity index (χ1) is 15.7. The number of ether oxygens (including phenoxy) is 1.